The average Bonchev–Trinajstić information content (AvgIpc) is 1.65. The van der Waals surface area contributed by atoms with Crippen LogP contribution < -0.4 is 18.9 Å². The third-order valence-electron chi connectivity index (χ3n) is 1.60. The van der Waals surface area contributed by atoms with E-state index in [1.54, 1.807) is 0 Å². The fourth-order valence-electron chi connectivity index (χ4n) is 0.968. The maximum absolute atomic E-state index is 3.88. The molecule has 10 heavy (non-hydrogen) atoms. The quantitative estimate of drug-likeness (QED) is 0.369. The first-order chi connectivity index (χ1) is 4.02. The Morgan fingerprint density at radius 2 is 1.70 bits per heavy atom. The molecule has 0 radical (unpaired) electrons. The van der Waals surface area contributed by atoms with Gasteiger partial charge in [-0.3, -0.25) is 0 Å². The second kappa shape index (κ2) is 5.43. The van der Waals surface area contributed by atoms with Gasteiger partial charge in [-0.15, -0.1) is 6.54 Å². The molecule has 56 valence electrons. The summed E-state index contributed by atoms with van der Waals surface area (Å²) in [7, 11) is -1.02. The molecule has 0 spiro atoms. The zero-order valence-electron chi connectivity index (χ0n) is 8.07. The molecule has 0 atom stereocenters. The summed E-state index contributed by atoms with van der Waals surface area (Å²) >= 11 is 0. The van der Waals surface area contributed by atoms with E-state index in [1.165, 1.54) is 0 Å². The SMILES string of the molecule is [CH2-]CN(CC)[Si](C)(C)C.[Li+]. The first-order valence-corrected chi connectivity index (χ1v) is 7.01. The predicted octanol–water partition coefficient (Wildman–Crippen LogP) is -1.02. The Hall–Kier alpha value is 0.774. The van der Waals surface area contributed by atoms with Crippen molar-refractivity contribution in [3.05, 3.63) is 6.92 Å². The third-order valence-corrected chi connectivity index (χ3v) is 4.04. The fourth-order valence-corrected chi connectivity index (χ4v) is 2.59. The van der Waals surface area contributed by atoms with Gasteiger partial charge in [0, 0.05) is 0 Å². The van der Waals surface area contributed by atoms with Gasteiger partial charge in [0.05, 0.1) is 0 Å². The number of rotatable bonds is 3. The van der Waals surface area contributed by atoms with Crippen molar-refractivity contribution in [2.75, 3.05) is 13.1 Å². The van der Waals surface area contributed by atoms with E-state index in [0.29, 0.717) is 0 Å². The topological polar surface area (TPSA) is 3.24 Å². The second-order valence-corrected chi connectivity index (χ2v) is 8.22. The van der Waals surface area contributed by atoms with Crippen LogP contribution in [0.5, 0.6) is 0 Å². The van der Waals surface area contributed by atoms with Crippen molar-refractivity contribution in [3.8, 4) is 0 Å². The van der Waals surface area contributed by atoms with Crippen molar-refractivity contribution < 1.29 is 18.9 Å². The average molecular weight is 151 g/mol. The molecule has 1 nitrogen and oxygen atoms in total. The van der Waals surface area contributed by atoms with Crippen LogP contribution in [0.1, 0.15) is 6.92 Å². The van der Waals surface area contributed by atoms with Gasteiger partial charge in [0.1, 0.15) is 8.24 Å². The standard InChI is InChI=1S/C7H18NSi.Li/c1-6-8(7-2)9(3,4)5;/h1,6-7H2,2-5H3;/q-1;+1. The molecule has 0 aliphatic rings. The van der Waals surface area contributed by atoms with E-state index < -0.39 is 8.24 Å². The fraction of sp³-hybridized carbons (Fsp3) is 0.857. The van der Waals surface area contributed by atoms with Crippen molar-refractivity contribution in [1.82, 2.24) is 4.57 Å². The summed E-state index contributed by atoms with van der Waals surface area (Å²) in [6, 6.07) is 0. The van der Waals surface area contributed by atoms with Crippen molar-refractivity contribution in [3.63, 3.8) is 0 Å². The Kier molecular flexibility index (Phi) is 7.26. The van der Waals surface area contributed by atoms with E-state index in [1.807, 2.05) is 0 Å². The largest absolute Gasteiger partial charge is 1.00 e. The molecule has 0 aromatic rings. The van der Waals surface area contributed by atoms with Crippen LogP contribution in [0.4, 0.5) is 0 Å². The molecule has 0 aromatic carbocycles. The summed E-state index contributed by atoms with van der Waals surface area (Å²) in [5.74, 6) is 0. The molecule has 0 N–H and O–H groups in total. The van der Waals surface area contributed by atoms with Crippen LogP contribution in [0.3, 0.4) is 0 Å². The summed E-state index contributed by atoms with van der Waals surface area (Å²) < 4.78 is 2.47. The Morgan fingerprint density at radius 1 is 1.30 bits per heavy atom. The molecular weight excluding hydrogens is 133 g/mol. The summed E-state index contributed by atoms with van der Waals surface area (Å²) in [6.45, 7) is 15.2. The molecule has 3 heteroatoms. The molecule has 0 aliphatic heterocycles. The minimum atomic E-state index is -1.02. The van der Waals surface area contributed by atoms with Crippen molar-refractivity contribution in [2.45, 2.75) is 26.6 Å². The van der Waals surface area contributed by atoms with E-state index in [0.717, 1.165) is 13.1 Å². The molecule has 0 amide bonds. The summed E-state index contributed by atoms with van der Waals surface area (Å²) in [6.07, 6.45) is 0. The third kappa shape index (κ3) is 4.57. The first-order valence-electron chi connectivity index (χ1n) is 3.56. The molecule has 0 rings (SSSR count). The summed E-state index contributed by atoms with van der Waals surface area (Å²) in [5, 5.41) is 0. The van der Waals surface area contributed by atoms with Gasteiger partial charge < -0.3 is 11.5 Å². The van der Waals surface area contributed by atoms with Gasteiger partial charge in [-0.1, -0.05) is 26.6 Å². The molecule has 0 fully saturated rings. The molecule has 0 saturated carbocycles. The van der Waals surface area contributed by atoms with Gasteiger partial charge in [-0.25, -0.2) is 0 Å². The van der Waals surface area contributed by atoms with Crippen LogP contribution in [0, 0.1) is 6.92 Å². The molecular formula is C7H18LiNSi. The Bertz CT molecular complexity index is 76.2. The first kappa shape index (κ1) is 13.4. The predicted molar refractivity (Wildman–Crippen MR) is 46.0 cm³/mol. The van der Waals surface area contributed by atoms with Gasteiger partial charge in [0.2, 0.25) is 0 Å². The summed E-state index contributed by atoms with van der Waals surface area (Å²) in [5.41, 5.74) is 0. The van der Waals surface area contributed by atoms with E-state index in [-0.39, 0.29) is 18.9 Å². The van der Waals surface area contributed by atoms with E-state index in [9.17, 15) is 0 Å². The molecule has 0 saturated heterocycles. The normalized spacial score (nSPS) is 11.4. The summed E-state index contributed by atoms with van der Waals surface area (Å²) in [4.78, 5) is 0. The van der Waals surface area contributed by atoms with Crippen LogP contribution >= 0.6 is 0 Å². The number of hydrogen-bond donors (Lipinski definition) is 0. The molecule has 0 bridgehead atoms. The smallest absolute Gasteiger partial charge is 0.353 e. The van der Waals surface area contributed by atoms with E-state index in [4.69, 9.17) is 0 Å². The van der Waals surface area contributed by atoms with Gasteiger partial charge >= 0.3 is 18.9 Å². The van der Waals surface area contributed by atoms with Crippen molar-refractivity contribution >= 4 is 8.24 Å². The molecule has 0 aliphatic carbocycles. The van der Waals surface area contributed by atoms with Crippen LogP contribution in [0.15, 0.2) is 0 Å². The Labute approximate surface area is 78.4 Å². The van der Waals surface area contributed by atoms with E-state index >= 15 is 0 Å². The molecule has 0 unspecified atom stereocenters. The Morgan fingerprint density at radius 3 is 1.70 bits per heavy atom. The van der Waals surface area contributed by atoms with Crippen LogP contribution in [-0.2, 0) is 0 Å². The van der Waals surface area contributed by atoms with Gasteiger partial charge in [-0.2, -0.15) is 0 Å². The monoisotopic (exact) mass is 151 g/mol. The maximum Gasteiger partial charge on any atom is 1.00 e. The Balaban J connectivity index is 0. The van der Waals surface area contributed by atoms with Crippen molar-refractivity contribution in [1.29, 1.82) is 0 Å². The van der Waals surface area contributed by atoms with E-state index in [2.05, 4.69) is 38.1 Å². The van der Waals surface area contributed by atoms with Gasteiger partial charge in [0.15, 0.2) is 0 Å². The van der Waals surface area contributed by atoms with Crippen LogP contribution in [-0.4, -0.2) is 25.9 Å². The second-order valence-electron chi connectivity index (χ2n) is 3.25. The van der Waals surface area contributed by atoms with Crippen LogP contribution in [0.25, 0.3) is 0 Å². The molecule has 0 aromatic heterocycles. The minimum Gasteiger partial charge on any atom is -0.353 e. The maximum atomic E-state index is 3.88. The van der Waals surface area contributed by atoms with Crippen molar-refractivity contribution in [2.24, 2.45) is 0 Å². The number of nitrogens with zero attached hydrogens (tertiary/aromatic N) is 1. The van der Waals surface area contributed by atoms with Gasteiger partial charge in [0.25, 0.3) is 0 Å². The molecule has 0 heterocycles. The van der Waals surface area contributed by atoms with Crippen LogP contribution in [0.2, 0.25) is 19.6 Å². The zero-order chi connectivity index (χ0) is 7.49. The minimum absolute atomic E-state index is 0. The number of hydrogen-bond acceptors (Lipinski definition) is 1. The van der Waals surface area contributed by atoms with Gasteiger partial charge in [-0.05, 0) is 6.54 Å². The zero-order valence-corrected chi connectivity index (χ0v) is 9.07.